The van der Waals surface area contributed by atoms with Crippen molar-refractivity contribution in [3.63, 3.8) is 0 Å². The van der Waals surface area contributed by atoms with Gasteiger partial charge in [0, 0.05) is 0 Å². The lowest BCUT2D eigenvalue weighted by Gasteiger charge is -2.22. The Bertz CT molecular complexity index is 4000. The molecule has 0 heteroatoms. The van der Waals surface area contributed by atoms with E-state index in [0.717, 1.165) is 0 Å². The smallest absolute Gasteiger partial charge is 0.00139 e. The summed E-state index contributed by atoms with van der Waals surface area (Å²) in [5.74, 6) is 0. The number of hydrogen-bond donors (Lipinski definition) is 0. The lowest BCUT2D eigenvalue weighted by Crippen LogP contribution is -1.94. The van der Waals surface area contributed by atoms with Crippen LogP contribution < -0.4 is 0 Å². The lowest BCUT2D eigenvalue weighted by atomic mass is 9.81. The predicted octanol–water partition coefficient (Wildman–Crippen LogP) is 19.2. The van der Waals surface area contributed by atoms with Gasteiger partial charge in [0.1, 0.15) is 0 Å². The maximum absolute atomic E-state index is 2.44. The fourth-order valence-corrected chi connectivity index (χ4v) is 11.3. The van der Waals surface area contributed by atoms with Gasteiger partial charge in [-0.3, -0.25) is 0 Å². The van der Waals surface area contributed by atoms with Crippen LogP contribution in [-0.2, 0) is 0 Å². The molecule has 314 valence electrons. The Balaban J connectivity index is 0.982. The van der Waals surface area contributed by atoms with Crippen molar-refractivity contribution in [1.29, 1.82) is 0 Å². The van der Waals surface area contributed by atoms with E-state index in [4.69, 9.17) is 0 Å². The van der Waals surface area contributed by atoms with Gasteiger partial charge in [0.2, 0.25) is 0 Å². The van der Waals surface area contributed by atoms with E-state index >= 15 is 0 Å². The van der Waals surface area contributed by atoms with Crippen molar-refractivity contribution in [2.75, 3.05) is 0 Å². The molecule has 0 saturated carbocycles. The van der Waals surface area contributed by atoms with Gasteiger partial charge in [0.15, 0.2) is 0 Å². The van der Waals surface area contributed by atoms with Crippen LogP contribution in [0.4, 0.5) is 0 Å². The summed E-state index contributed by atoms with van der Waals surface area (Å²) >= 11 is 0. The topological polar surface area (TPSA) is 0 Å². The maximum Gasteiger partial charge on any atom is -0.00139 e. The second-order valence-electron chi connectivity index (χ2n) is 18.4. The van der Waals surface area contributed by atoms with Crippen LogP contribution in [-0.4, -0.2) is 0 Å². The first-order valence-corrected chi connectivity index (χ1v) is 23.6. The van der Waals surface area contributed by atoms with Crippen molar-refractivity contribution in [2.24, 2.45) is 0 Å². The average Bonchev–Trinajstić information content (AvgIpc) is 3.41. The largest absolute Gasteiger partial charge is 0.0622 e. The third-order valence-corrected chi connectivity index (χ3v) is 14.6. The van der Waals surface area contributed by atoms with Crippen molar-refractivity contribution in [1.82, 2.24) is 0 Å². The molecule has 0 saturated heterocycles. The van der Waals surface area contributed by atoms with Crippen LogP contribution in [0.1, 0.15) is 0 Å². The third-order valence-electron chi connectivity index (χ3n) is 14.6. The Morgan fingerprint density at radius 2 is 0.456 bits per heavy atom. The van der Waals surface area contributed by atoms with Crippen molar-refractivity contribution in [2.45, 2.75) is 0 Å². The van der Waals surface area contributed by atoms with E-state index in [-0.39, 0.29) is 0 Å². The van der Waals surface area contributed by atoms with Gasteiger partial charge in [-0.1, -0.05) is 218 Å². The Hall–Kier alpha value is -8.84. The summed E-state index contributed by atoms with van der Waals surface area (Å²) in [4.78, 5) is 0. The highest BCUT2D eigenvalue weighted by atomic mass is 14.2. The van der Waals surface area contributed by atoms with E-state index in [0.29, 0.717) is 0 Å². The molecule has 14 aromatic rings. The maximum atomic E-state index is 2.44. The zero-order valence-electron chi connectivity index (χ0n) is 37.2. The SMILES string of the molecule is c1ccc(-c2cc(-c3ccc4cc(-c5cccc6ccccc56)ccc4c3)c3ccc4c(-c5ccccc5)cc(-c5ccc6cc(-c7cccc8ccccc78)ccc6c5)c5ccc2c3c45)cc1. The van der Waals surface area contributed by atoms with Crippen LogP contribution in [0.5, 0.6) is 0 Å². The molecular formula is C68H42. The molecule has 14 aromatic carbocycles. The van der Waals surface area contributed by atoms with Gasteiger partial charge < -0.3 is 0 Å². The Kier molecular flexibility index (Phi) is 8.69. The number of benzene rings is 14. The van der Waals surface area contributed by atoms with Crippen molar-refractivity contribution < 1.29 is 0 Å². The van der Waals surface area contributed by atoms with Crippen molar-refractivity contribution >= 4 is 75.4 Å². The standard InChI is InChI=1S/C68H42/c1-3-13-45(14-4-1)63-41-65(53-31-27-47-37-51(29-25-49(47)39-53)57-23-11-19-43-17-7-9-21-55(43)57)61-36-34-60-64(46-15-5-2-6-16-46)42-66(62-35-33-59(63)67(61)68(60)62)54-32-28-48-38-52(30-26-50(48)40-54)58-24-12-20-44-18-8-10-22-56(44)58/h1-42H. The van der Waals surface area contributed by atoms with Crippen molar-refractivity contribution in [3.05, 3.63) is 255 Å². The molecule has 0 aliphatic rings. The summed E-state index contributed by atoms with van der Waals surface area (Å²) in [6.07, 6.45) is 0. The lowest BCUT2D eigenvalue weighted by molar-refractivity contribution is 1.63. The minimum atomic E-state index is 1.21. The van der Waals surface area contributed by atoms with E-state index < -0.39 is 0 Å². The molecule has 0 amide bonds. The highest BCUT2D eigenvalue weighted by molar-refractivity contribution is 6.32. The first-order chi connectivity index (χ1) is 33.7. The summed E-state index contributed by atoms with van der Waals surface area (Å²) in [6.45, 7) is 0. The van der Waals surface area contributed by atoms with E-state index in [1.807, 2.05) is 0 Å². The summed E-state index contributed by atoms with van der Waals surface area (Å²) in [5.41, 5.74) is 14.8. The molecule has 0 fully saturated rings. The minimum absolute atomic E-state index is 1.21. The highest BCUT2D eigenvalue weighted by Gasteiger charge is 2.21. The van der Waals surface area contributed by atoms with E-state index in [9.17, 15) is 0 Å². The first kappa shape index (κ1) is 38.4. The predicted molar refractivity (Wildman–Crippen MR) is 293 cm³/mol. The van der Waals surface area contributed by atoms with Gasteiger partial charge in [-0.15, -0.1) is 0 Å². The molecule has 0 atom stereocenters. The molecule has 0 aromatic heterocycles. The number of fused-ring (bicyclic) bond motifs is 4. The Morgan fingerprint density at radius 1 is 0.147 bits per heavy atom. The molecule has 0 heterocycles. The molecule has 0 N–H and O–H groups in total. The zero-order chi connectivity index (χ0) is 44.7. The van der Waals surface area contributed by atoms with E-state index in [1.165, 1.54) is 142 Å². The van der Waals surface area contributed by atoms with Crippen LogP contribution in [0.3, 0.4) is 0 Å². The van der Waals surface area contributed by atoms with Gasteiger partial charge in [0.25, 0.3) is 0 Å². The second kappa shape index (κ2) is 15.4. The molecule has 0 nitrogen and oxygen atoms in total. The number of hydrogen-bond acceptors (Lipinski definition) is 0. The molecular weight excluding hydrogens is 817 g/mol. The minimum Gasteiger partial charge on any atom is -0.0622 e. The highest BCUT2D eigenvalue weighted by Crippen LogP contribution is 2.49. The van der Waals surface area contributed by atoms with Crippen LogP contribution in [0.25, 0.3) is 142 Å². The van der Waals surface area contributed by atoms with Gasteiger partial charge in [0.05, 0.1) is 0 Å². The molecule has 0 spiro atoms. The van der Waals surface area contributed by atoms with Crippen LogP contribution in [0.2, 0.25) is 0 Å². The second-order valence-corrected chi connectivity index (χ2v) is 18.4. The Morgan fingerprint density at radius 3 is 0.838 bits per heavy atom. The summed E-state index contributed by atoms with van der Waals surface area (Å²) in [7, 11) is 0. The van der Waals surface area contributed by atoms with E-state index in [2.05, 4.69) is 255 Å². The zero-order valence-corrected chi connectivity index (χ0v) is 37.2. The molecule has 0 unspecified atom stereocenters. The number of rotatable bonds is 6. The summed E-state index contributed by atoms with van der Waals surface area (Å²) in [5, 5.41) is 17.7. The van der Waals surface area contributed by atoms with Crippen LogP contribution in [0.15, 0.2) is 255 Å². The summed E-state index contributed by atoms with van der Waals surface area (Å²) in [6, 6.07) is 94.8. The molecule has 0 aliphatic heterocycles. The fourth-order valence-electron chi connectivity index (χ4n) is 11.3. The van der Waals surface area contributed by atoms with Gasteiger partial charge >= 0.3 is 0 Å². The fraction of sp³-hybridized carbons (Fsp3) is 0. The van der Waals surface area contributed by atoms with Crippen LogP contribution >= 0.6 is 0 Å². The van der Waals surface area contributed by atoms with E-state index in [1.54, 1.807) is 0 Å². The van der Waals surface area contributed by atoms with Crippen LogP contribution in [0, 0.1) is 0 Å². The monoisotopic (exact) mass is 858 g/mol. The molecule has 14 rings (SSSR count). The first-order valence-electron chi connectivity index (χ1n) is 23.6. The van der Waals surface area contributed by atoms with Gasteiger partial charge in [-0.2, -0.15) is 0 Å². The third kappa shape index (κ3) is 6.15. The molecule has 68 heavy (non-hydrogen) atoms. The van der Waals surface area contributed by atoms with Gasteiger partial charge in [-0.25, -0.2) is 0 Å². The summed E-state index contributed by atoms with van der Waals surface area (Å²) < 4.78 is 0. The molecule has 0 aliphatic carbocycles. The molecule has 0 radical (unpaired) electrons. The molecule has 0 bridgehead atoms. The normalized spacial score (nSPS) is 11.8. The quantitative estimate of drug-likeness (QED) is 0.146. The Labute approximate surface area is 395 Å². The average molecular weight is 859 g/mol. The van der Waals surface area contributed by atoms with Crippen molar-refractivity contribution in [3.8, 4) is 66.8 Å². The van der Waals surface area contributed by atoms with Gasteiger partial charge in [-0.05, 0) is 179 Å².